The van der Waals surface area contributed by atoms with Gasteiger partial charge in [0.2, 0.25) is 0 Å². The van der Waals surface area contributed by atoms with Gasteiger partial charge >= 0.3 is 6.03 Å². The SMILES string of the molecule is Cc1ccc(NC(=O)COc2ccccc2/C=C2/C(=O)NC(=O)N(c3cccc(Cl)c3C)C2=O)cc1C. The number of carbonyl (C=O) groups excluding carboxylic acids is 4. The van der Waals surface area contributed by atoms with Crippen LogP contribution in [0.2, 0.25) is 5.02 Å². The highest BCUT2D eigenvalue weighted by Crippen LogP contribution is 2.30. The number of benzene rings is 3. The van der Waals surface area contributed by atoms with Crippen LogP contribution in [0.4, 0.5) is 16.2 Å². The molecule has 1 aliphatic heterocycles. The van der Waals surface area contributed by atoms with Gasteiger partial charge < -0.3 is 10.1 Å². The molecule has 0 aliphatic carbocycles. The molecule has 0 radical (unpaired) electrons. The van der Waals surface area contributed by atoms with Crippen LogP contribution >= 0.6 is 11.6 Å². The van der Waals surface area contributed by atoms with E-state index in [1.165, 1.54) is 6.08 Å². The molecule has 188 valence electrons. The minimum atomic E-state index is -0.870. The van der Waals surface area contributed by atoms with Crippen LogP contribution in [0.1, 0.15) is 22.3 Å². The van der Waals surface area contributed by atoms with Gasteiger partial charge in [-0.3, -0.25) is 19.7 Å². The number of para-hydroxylation sites is 1. The molecule has 3 aromatic rings. The summed E-state index contributed by atoms with van der Waals surface area (Å²) >= 11 is 6.17. The molecule has 1 heterocycles. The number of hydrogen-bond donors (Lipinski definition) is 2. The summed E-state index contributed by atoms with van der Waals surface area (Å²) in [7, 11) is 0. The third kappa shape index (κ3) is 5.54. The Balaban J connectivity index is 1.56. The number of urea groups is 1. The van der Waals surface area contributed by atoms with E-state index in [4.69, 9.17) is 16.3 Å². The average molecular weight is 518 g/mol. The zero-order valence-corrected chi connectivity index (χ0v) is 21.2. The number of rotatable bonds is 6. The highest BCUT2D eigenvalue weighted by molar-refractivity contribution is 6.40. The molecule has 1 fully saturated rings. The smallest absolute Gasteiger partial charge is 0.335 e. The zero-order valence-electron chi connectivity index (χ0n) is 20.4. The van der Waals surface area contributed by atoms with Gasteiger partial charge in [0.15, 0.2) is 6.61 Å². The number of halogens is 1. The number of barbiturate groups is 1. The van der Waals surface area contributed by atoms with Gasteiger partial charge in [0.05, 0.1) is 5.69 Å². The van der Waals surface area contributed by atoms with Gasteiger partial charge in [0, 0.05) is 16.3 Å². The van der Waals surface area contributed by atoms with Crippen LogP contribution in [0.3, 0.4) is 0 Å². The summed E-state index contributed by atoms with van der Waals surface area (Å²) in [5.74, 6) is -1.73. The number of imide groups is 2. The quantitative estimate of drug-likeness (QED) is 0.355. The molecule has 0 unspecified atom stereocenters. The number of anilines is 2. The van der Waals surface area contributed by atoms with Crippen LogP contribution in [-0.2, 0) is 14.4 Å². The fourth-order valence-electron chi connectivity index (χ4n) is 3.76. The molecule has 0 bridgehead atoms. The number of hydrogen-bond acceptors (Lipinski definition) is 5. The van der Waals surface area contributed by atoms with E-state index in [1.807, 2.05) is 26.0 Å². The van der Waals surface area contributed by atoms with Gasteiger partial charge in [-0.25, -0.2) is 9.69 Å². The molecule has 1 saturated heterocycles. The van der Waals surface area contributed by atoms with Crippen LogP contribution in [-0.4, -0.2) is 30.4 Å². The largest absolute Gasteiger partial charge is 0.483 e. The first-order valence-corrected chi connectivity index (χ1v) is 11.8. The van der Waals surface area contributed by atoms with Crippen LogP contribution in [0.5, 0.6) is 5.75 Å². The van der Waals surface area contributed by atoms with Gasteiger partial charge in [-0.2, -0.15) is 0 Å². The van der Waals surface area contributed by atoms with Gasteiger partial charge in [0.25, 0.3) is 17.7 Å². The van der Waals surface area contributed by atoms with Crippen molar-refractivity contribution in [2.45, 2.75) is 20.8 Å². The third-order valence-electron chi connectivity index (χ3n) is 5.95. The maximum atomic E-state index is 13.3. The lowest BCUT2D eigenvalue weighted by molar-refractivity contribution is -0.122. The topological polar surface area (TPSA) is 105 Å². The van der Waals surface area contributed by atoms with E-state index in [0.29, 0.717) is 21.8 Å². The van der Waals surface area contributed by atoms with Crippen molar-refractivity contribution in [1.82, 2.24) is 5.32 Å². The lowest BCUT2D eigenvalue weighted by atomic mass is 10.0. The maximum absolute atomic E-state index is 13.3. The van der Waals surface area contributed by atoms with Crippen LogP contribution < -0.4 is 20.3 Å². The van der Waals surface area contributed by atoms with Crippen molar-refractivity contribution in [1.29, 1.82) is 0 Å². The molecule has 4 rings (SSSR count). The Morgan fingerprint density at radius 1 is 1.00 bits per heavy atom. The number of nitrogens with one attached hydrogen (secondary N) is 2. The van der Waals surface area contributed by atoms with E-state index in [-0.39, 0.29) is 29.5 Å². The van der Waals surface area contributed by atoms with E-state index in [9.17, 15) is 19.2 Å². The molecule has 2 N–H and O–H groups in total. The molecule has 9 heteroatoms. The van der Waals surface area contributed by atoms with Gasteiger partial charge in [0.1, 0.15) is 11.3 Å². The van der Waals surface area contributed by atoms with E-state index in [2.05, 4.69) is 10.6 Å². The van der Waals surface area contributed by atoms with Crippen molar-refractivity contribution in [2.75, 3.05) is 16.8 Å². The molecular weight excluding hydrogens is 494 g/mol. The minimum absolute atomic E-state index is 0.265. The first kappa shape index (κ1) is 25.7. The maximum Gasteiger partial charge on any atom is 0.335 e. The second-order valence-electron chi connectivity index (χ2n) is 8.52. The Kier molecular flexibility index (Phi) is 7.40. The Labute approximate surface area is 218 Å². The second-order valence-corrected chi connectivity index (χ2v) is 8.92. The summed E-state index contributed by atoms with van der Waals surface area (Å²) in [6.07, 6.45) is 1.33. The summed E-state index contributed by atoms with van der Waals surface area (Å²) in [6.45, 7) is 5.32. The number of carbonyl (C=O) groups is 4. The fourth-order valence-corrected chi connectivity index (χ4v) is 3.93. The normalized spacial score (nSPS) is 14.5. The monoisotopic (exact) mass is 517 g/mol. The van der Waals surface area contributed by atoms with Crippen LogP contribution in [0, 0.1) is 20.8 Å². The van der Waals surface area contributed by atoms with E-state index < -0.39 is 17.8 Å². The highest BCUT2D eigenvalue weighted by Gasteiger charge is 2.37. The summed E-state index contributed by atoms with van der Waals surface area (Å²) < 4.78 is 5.71. The van der Waals surface area contributed by atoms with Crippen LogP contribution in [0.25, 0.3) is 6.08 Å². The predicted molar refractivity (Wildman–Crippen MR) is 142 cm³/mol. The lowest BCUT2D eigenvalue weighted by Crippen LogP contribution is -2.54. The molecule has 0 spiro atoms. The van der Waals surface area contributed by atoms with E-state index >= 15 is 0 Å². The number of nitrogens with zero attached hydrogens (tertiary/aromatic N) is 1. The fraction of sp³-hybridized carbons (Fsp3) is 0.143. The zero-order chi connectivity index (χ0) is 26.7. The van der Waals surface area contributed by atoms with Crippen molar-refractivity contribution in [2.24, 2.45) is 0 Å². The highest BCUT2D eigenvalue weighted by atomic mass is 35.5. The minimum Gasteiger partial charge on any atom is -0.483 e. The summed E-state index contributed by atoms with van der Waals surface area (Å²) in [5, 5.41) is 5.35. The molecule has 8 nitrogen and oxygen atoms in total. The Morgan fingerprint density at radius 3 is 2.51 bits per heavy atom. The molecule has 5 amide bonds. The van der Waals surface area contributed by atoms with Crippen molar-refractivity contribution < 1.29 is 23.9 Å². The van der Waals surface area contributed by atoms with Crippen LogP contribution in [0.15, 0.2) is 66.2 Å². The molecule has 37 heavy (non-hydrogen) atoms. The second kappa shape index (κ2) is 10.7. The number of ether oxygens (including phenoxy) is 1. The summed E-state index contributed by atoms with van der Waals surface area (Å²) in [4.78, 5) is 51.7. The van der Waals surface area contributed by atoms with E-state index in [1.54, 1.807) is 55.5 Å². The Morgan fingerprint density at radius 2 is 1.76 bits per heavy atom. The molecule has 1 aliphatic rings. The van der Waals surface area contributed by atoms with Gasteiger partial charge in [-0.05, 0) is 73.9 Å². The van der Waals surface area contributed by atoms with Crippen molar-refractivity contribution in [3.05, 3.63) is 93.5 Å². The van der Waals surface area contributed by atoms with Crippen molar-refractivity contribution in [3.8, 4) is 5.75 Å². The predicted octanol–water partition coefficient (Wildman–Crippen LogP) is 4.95. The standard InChI is InChI=1S/C28H24ClN3O5/c1-16-11-12-20(13-17(16)2)30-25(33)15-37-24-10-5-4-7-19(24)14-21-26(34)31-28(36)32(27(21)35)23-9-6-8-22(29)18(23)3/h4-14H,15H2,1-3H3,(H,30,33)(H,31,34,36)/b21-14-. The van der Waals surface area contributed by atoms with Gasteiger partial charge in [-0.15, -0.1) is 0 Å². The first-order valence-electron chi connectivity index (χ1n) is 11.4. The van der Waals surface area contributed by atoms with E-state index in [0.717, 1.165) is 16.0 Å². The van der Waals surface area contributed by atoms with Gasteiger partial charge in [-0.1, -0.05) is 41.9 Å². The molecule has 0 aromatic heterocycles. The molecule has 3 aromatic carbocycles. The van der Waals surface area contributed by atoms with Crippen molar-refractivity contribution in [3.63, 3.8) is 0 Å². The Hall–Kier alpha value is -4.43. The molecular formula is C28H24ClN3O5. The van der Waals surface area contributed by atoms with Crippen molar-refractivity contribution >= 4 is 52.8 Å². The third-order valence-corrected chi connectivity index (χ3v) is 6.36. The molecule has 0 atom stereocenters. The molecule has 0 saturated carbocycles. The lowest BCUT2D eigenvalue weighted by Gasteiger charge is -2.27. The Bertz CT molecular complexity index is 1460. The number of amides is 5. The summed E-state index contributed by atoms with van der Waals surface area (Å²) in [6, 6.07) is 16.2. The first-order chi connectivity index (χ1) is 17.7. The summed E-state index contributed by atoms with van der Waals surface area (Å²) in [5.41, 5.74) is 3.71. The number of aryl methyl sites for hydroxylation is 2. The average Bonchev–Trinajstić information content (AvgIpc) is 2.86.